The summed E-state index contributed by atoms with van der Waals surface area (Å²) in [5.41, 5.74) is 3.11. The van der Waals surface area contributed by atoms with Crippen molar-refractivity contribution in [3.63, 3.8) is 0 Å². The number of aromatic carboxylic acids is 1. The highest BCUT2D eigenvalue weighted by atomic mass is 127. The minimum atomic E-state index is -1.02. The fourth-order valence-electron chi connectivity index (χ4n) is 4.45. The maximum absolute atomic E-state index is 13.8. The molecule has 0 radical (unpaired) electrons. The molecule has 1 aliphatic rings. The third-order valence-electron chi connectivity index (χ3n) is 6.74. The Balaban J connectivity index is 1.46. The van der Waals surface area contributed by atoms with Gasteiger partial charge < -0.3 is 19.3 Å². The number of hydrogen-bond donors (Lipinski definition) is 1. The first-order valence-corrected chi connectivity index (χ1v) is 16.6. The van der Waals surface area contributed by atoms with Crippen LogP contribution in [0.3, 0.4) is 0 Å². The number of ether oxygens (including phenoxy) is 3. The molecule has 12 heteroatoms. The van der Waals surface area contributed by atoms with E-state index < -0.39 is 5.97 Å². The Morgan fingerprint density at radius 2 is 1.76 bits per heavy atom. The van der Waals surface area contributed by atoms with E-state index >= 15 is 0 Å². The molecular weight excluding hydrogens is 762 g/mol. The molecule has 8 nitrogen and oxygen atoms in total. The van der Waals surface area contributed by atoms with E-state index in [0.29, 0.717) is 49.7 Å². The Kier molecular flexibility index (Phi) is 11.2. The number of amides is 1. The molecular formula is C34H27Cl2IN2O6S. The van der Waals surface area contributed by atoms with E-state index in [-0.39, 0.29) is 24.6 Å². The number of methoxy groups -OCH3 is 1. The van der Waals surface area contributed by atoms with Crippen molar-refractivity contribution in [1.29, 1.82) is 0 Å². The van der Waals surface area contributed by atoms with Crippen molar-refractivity contribution < 1.29 is 28.9 Å². The van der Waals surface area contributed by atoms with Crippen LogP contribution in [0.15, 0.2) is 88.8 Å². The molecule has 1 amide bonds. The molecule has 5 rings (SSSR count). The van der Waals surface area contributed by atoms with Crippen LogP contribution in [0.4, 0.5) is 5.69 Å². The second-order valence-corrected chi connectivity index (χ2v) is 12.9. The third kappa shape index (κ3) is 8.16. The Morgan fingerprint density at radius 3 is 2.41 bits per heavy atom. The summed E-state index contributed by atoms with van der Waals surface area (Å²) in [5.74, 6) is 0.541. The molecule has 0 bridgehead atoms. The number of carboxylic acid groups (broad SMARTS) is 1. The van der Waals surface area contributed by atoms with Crippen LogP contribution < -0.4 is 14.2 Å². The van der Waals surface area contributed by atoms with Crippen LogP contribution in [0, 0.1) is 3.57 Å². The molecule has 0 aliphatic carbocycles. The summed E-state index contributed by atoms with van der Waals surface area (Å²) in [4.78, 5) is 32.0. The van der Waals surface area contributed by atoms with Gasteiger partial charge in [-0.15, -0.1) is 0 Å². The van der Waals surface area contributed by atoms with Gasteiger partial charge in [-0.3, -0.25) is 9.69 Å². The minimum Gasteiger partial charge on any atom is -0.497 e. The first-order valence-electron chi connectivity index (χ1n) is 13.9. The molecule has 1 aliphatic heterocycles. The zero-order valence-corrected chi connectivity index (χ0v) is 29.1. The topological polar surface area (TPSA) is 97.7 Å². The minimum absolute atomic E-state index is 0.168. The molecule has 0 spiro atoms. The third-order valence-corrected chi connectivity index (χ3v) is 9.14. The standard InChI is InChI=1S/C34H27Cl2IN2O6S/c1-3-44-29-15-21(14-28(37)31(29)45-19-23-8-9-24(35)17-27(23)36)16-30-32(40)39(18-20-4-6-22(7-5-20)33(41)42)34(46-30)38-25-10-12-26(43-2)13-11-25/h4-17H,3,18-19H2,1-2H3,(H,41,42)/b30-16-,38-34?. The van der Waals surface area contributed by atoms with Crippen LogP contribution in [-0.4, -0.2) is 40.8 Å². The molecule has 0 aromatic heterocycles. The van der Waals surface area contributed by atoms with Crippen LogP contribution >= 0.6 is 57.6 Å². The maximum Gasteiger partial charge on any atom is 0.335 e. The van der Waals surface area contributed by atoms with Crippen molar-refractivity contribution in [1.82, 2.24) is 4.90 Å². The predicted octanol–water partition coefficient (Wildman–Crippen LogP) is 9.09. The Hall–Kier alpha value is -3.71. The number of carbonyl (C=O) groups excluding carboxylic acids is 1. The molecule has 0 saturated carbocycles. The fraction of sp³-hybridized carbons (Fsp3) is 0.147. The lowest BCUT2D eigenvalue weighted by molar-refractivity contribution is -0.122. The summed E-state index contributed by atoms with van der Waals surface area (Å²) in [7, 11) is 1.59. The van der Waals surface area contributed by atoms with E-state index in [9.17, 15) is 14.7 Å². The number of aliphatic imine (C=N–C) groups is 1. The number of hydrogen-bond acceptors (Lipinski definition) is 7. The highest BCUT2D eigenvalue weighted by Crippen LogP contribution is 2.39. The van der Waals surface area contributed by atoms with Gasteiger partial charge in [0.2, 0.25) is 0 Å². The molecule has 236 valence electrons. The molecule has 46 heavy (non-hydrogen) atoms. The van der Waals surface area contributed by atoms with Gasteiger partial charge in [0.25, 0.3) is 5.91 Å². The second kappa shape index (κ2) is 15.3. The number of rotatable bonds is 11. The van der Waals surface area contributed by atoms with Crippen molar-refractivity contribution in [3.8, 4) is 17.2 Å². The summed E-state index contributed by atoms with van der Waals surface area (Å²) in [5, 5.41) is 10.8. The molecule has 1 heterocycles. The molecule has 0 unspecified atom stereocenters. The van der Waals surface area contributed by atoms with E-state index in [0.717, 1.165) is 20.3 Å². The lowest BCUT2D eigenvalue weighted by atomic mass is 10.1. The van der Waals surface area contributed by atoms with Gasteiger partial charge in [0.15, 0.2) is 16.7 Å². The summed E-state index contributed by atoms with van der Waals surface area (Å²) < 4.78 is 18.1. The number of carbonyl (C=O) groups is 2. The van der Waals surface area contributed by atoms with Gasteiger partial charge in [-0.25, -0.2) is 9.79 Å². The quantitative estimate of drug-likeness (QED) is 0.120. The van der Waals surface area contributed by atoms with Crippen molar-refractivity contribution in [2.24, 2.45) is 4.99 Å². The summed E-state index contributed by atoms with van der Waals surface area (Å²) in [6.45, 7) is 2.72. The summed E-state index contributed by atoms with van der Waals surface area (Å²) >= 11 is 15.8. The largest absolute Gasteiger partial charge is 0.497 e. The highest BCUT2D eigenvalue weighted by Gasteiger charge is 2.34. The SMILES string of the molecule is CCOc1cc(/C=C2\SC(=Nc3ccc(OC)cc3)N(Cc3ccc(C(=O)O)cc3)C2=O)cc(I)c1OCc1ccc(Cl)cc1Cl. The van der Waals surface area contributed by atoms with Crippen LogP contribution in [0.5, 0.6) is 17.2 Å². The molecule has 1 fully saturated rings. The van der Waals surface area contributed by atoms with E-state index in [4.69, 9.17) is 42.4 Å². The number of halogens is 3. The molecule has 4 aromatic carbocycles. The Morgan fingerprint density at radius 1 is 1.02 bits per heavy atom. The van der Waals surface area contributed by atoms with Crippen molar-refractivity contribution in [2.75, 3.05) is 13.7 Å². The summed E-state index contributed by atoms with van der Waals surface area (Å²) in [6.07, 6.45) is 1.80. The van der Waals surface area contributed by atoms with E-state index in [1.54, 1.807) is 54.5 Å². The number of benzene rings is 4. The van der Waals surface area contributed by atoms with E-state index in [1.807, 2.05) is 37.3 Å². The average Bonchev–Trinajstić information content (AvgIpc) is 3.31. The first kappa shape index (κ1) is 33.6. The van der Waals surface area contributed by atoms with Gasteiger partial charge in [-0.2, -0.15) is 0 Å². The molecule has 1 N–H and O–H groups in total. The fourth-order valence-corrected chi connectivity index (χ4v) is 6.69. The van der Waals surface area contributed by atoms with Gasteiger partial charge in [0.1, 0.15) is 12.4 Å². The second-order valence-electron chi connectivity index (χ2n) is 9.88. The average molecular weight is 789 g/mol. The smallest absolute Gasteiger partial charge is 0.335 e. The lowest BCUT2D eigenvalue weighted by Crippen LogP contribution is -2.28. The molecule has 1 saturated heterocycles. The van der Waals surface area contributed by atoms with Crippen LogP contribution in [0.25, 0.3) is 6.08 Å². The monoisotopic (exact) mass is 788 g/mol. The van der Waals surface area contributed by atoms with Gasteiger partial charge in [-0.05, 0) is 119 Å². The number of amidine groups is 1. The molecule has 0 atom stereocenters. The Labute approximate surface area is 294 Å². The van der Waals surface area contributed by atoms with Gasteiger partial charge in [0, 0.05) is 15.6 Å². The maximum atomic E-state index is 13.8. The zero-order valence-electron chi connectivity index (χ0n) is 24.6. The van der Waals surface area contributed by atoms with Gasteiger partial charge >= 0.3 is 5.97 Å². The van der Waals surface area contributed by atoms with Crippen LogP contribution in [0.2, 0.25) is 10.0 Å². The van der Waals surface area contributed by atoms with Crippen molar-refractivity contribution >= 4 is 86.4 Å². The van der Waals surface area contributed by atoms with E-state index in [2.05, 4.69) is 22.6 Å². The summed E-state index contributed by atoms with van der Waals surface area (Å²) in [6, 6.07) is 22.6. The zero-order chi connectivity index (χ0) is 32.8. The predicted molar refractivity (Wildman–Crippen MR) is 191 cm³/mol. The number of nitrogens with zero attached hydrogens (tertiary/aromatic N) is 2. The lowest BCUT2D eigenvalue weighted by Gasteiger charge is -2.16. The van der Waals surface area contributed by atoms with Crippen molar-refractivity contribution in [3.05, 3.63) is 120 Å². The molecule has 4 aromatic rings. The Bertz CT molecular complexity index is 1830. The number of carboxylic acids is 1. The number of thioether (sulfide) groups is 1. The normalized spacial score (nSPS) is 14.6. The van der Waals surface area contributed by atoms with Gasteiger partial charge in [0.05, 0.1) is 40.0 Å². The first-order chi connectivity index (χ1) is 22.1. The van der Waals surface area contributed by atoms with Gasteiger partial charge in [-0.1, -0.05) is 41.4 Å². The van der Waals surface area contributed by atoms with Crippen LogP contribution in [-0.2, 0) is 17.9 Å². The van der Waals surface area contributed by atoms with E-state index in [1.165, 1.54) is 23.9 Å². The highest BCUT2D eigenvalue weighted by molar-refractivity contribution is 14.1. The van der Waals surface area contributed by atoms with Crippen LogP contribution in [0.1, 0.15) is 34.0 Å². The van der Waals surface area contributed by atoms with Crippen molar-refractivity contribution in [2.45, 2.75) is 20.1 Å².